The van der Waals surface area contributed by atoms with E-state index in [1.165, 1.54) is 0 Å². The van der Waals surface area contributed by atoms with E-state index in [0.29, 0.717) is 37.7 Å². The number of ether oxygens (including phenoxy) is 2. The third-order valence-corrected chi connectivity index (χ3v) is 6.89. The summed E-state index contributed by atoms with van der Waals surface area (Å²) in [7, 11) is 0. The van der Waals surface area contributed by atoms with Gasteiger partial charge in [0.2, 0.25) is 5.91 Å². The first kappa shape index (κ1) is 22.6. The van der Waals surface area contributed by atoms with Gasteiger partial charge in [0, 0.05) is 35.7 Å². The maximum Gasteiger partial charge on any atom is 0.222 e. The molecule has 7 nitrogen and oxygen atoms in total. The van der Waals surface area contributed by atoms with Crippen molar-refractivity contribution in [2.45, 2.75) is 56.7 Å². The minimum Gasteiger partial charge on any atom is -0.389 e. The lowest BCUT2D eigenvalue weighted by molar-refractivity contribution is -0.158. The molecule has 2 N–H and O–H groups in total. The molecule has 4 rings (SSSR count). The van der Waals surface area contributed by atoms with E-state index in [0.717, 1.165) is 23.4 Å². The molecule has 1 aromatic heterocycles. The highest BCUT2D eigenvalue weighted by Crippen LogP contribution is 2.29. The highest BCUT2D eigenvalue weighted by atomic mass is 35.5. The van der Waals surface area contributed by atoms with Crippen LogP contribution in [0.2, 0.25) is 5.02 Å². The van der Waals surface area contributed by atoms with E-state index < -0.39 is 6.10 Å². The van der Waals surface area contributed by atoms with E-state index in [1.54, 1.807) is 17.5 Å². The maximum atomic E-state index is 12.5. The van der Waals surface area contributed by atoms with Crippen LogP contribution >= 0.6 is 22.9 Å². The second-order valence-electron chi connectivity index (χ2n) is 8.06. The third kappa shape index (κ3) is 6.25. The molecule has 0 bridgehead atoms. The van der Waals surface area contributed by atoms with Crippen LogP contribution in [0.15, 0.2) is 35.8 Å². The van der Waals surface area contributed by atoms with Gasteiger partial charge in [0.15, 0.2) is 0 Å². The fourth-order valence-electron chi connectivity index (χ4n) is 4.25. The third-order valence-electron chi connectivity index (χ3n) is 5.76. The molecule has 0 aliphatic carbocycles. The molecule has 2 aliphatic heterocycles. The van der Waals surface area contributed by atoms with Gasteiger partial charge >= 0.3 is 0 Å². The number of nitrogens with zero attached hydrogens (tertiary/aromatic N) is 2. The number of carbonyl (C=O) groups is 1. The van der Waals surface area contributed by atoms with Crippen LogP contribution in [0.1, 0.15) is 29.8 Å². The summed E-state index contributed by atoms with van der Waals surface area (Å²) in [6, 6.07) is 7.62. The van der Waals surface area contributed by atoms with Crippen molar-refractivity contribution in [3.8, 4) is 0 Å². The van der Waals surface area contributed by atoms with Gasteiger partial charge in [-0.1, -0.05) is 29.8 Å². The predicted octanol–water partition coefficient (Wildman–Crippen LogP) is 2.61. The number of aliphatic hydroxyl groups excluding tert-OH is 1. The first-order valence-electron chi connectivity index (χ1n) is 10.6. The number of aliphatic hydroxyl groups is 1. The minimum absolute atomic E-state index is 0.0507. The van der Waals surface area contributed by atoms with Crippen LogP contribution in [0.25, 0.3) is 0 Å². The van der Waals surface area contributed by atoms with E-state index in [2.05, 4.69) is 15.2 Å². The number of aromatic nitrogens is 1. The summed E-state index contributed by atoms with van der Waals surface area (Å²) in [5.74, 6) is -0.0507. The Morgan fingerprint density at radius 2 is 2.19 bits per heavy atom. The largest absolute Gasteiger partial charge is 0.389 e. The van der Waals surface area contributed by atoms with Gasteiger partial charge in [-0.2, -0.15) is 0 Å². The molecule has 3 heterocycles. The lowest BCUT2D eigenvalue weighted by atomic mass is 9.94. The zero-order valence-electron chi connectivity index (χ0n) is 17.3. The summed E-state index contributed by atoms with van der Waals surface area (Å²) in [4.78, 5) is 19.1. The summed E-state index contributed by atoms with van der Waals surface area (Å²) in [5, 5.41) is 16.8. The molecule has 0 unspecified atom stereocenters. The van der Waals surface area contributed by atoms with E-state index in [1.807, 2.05) is 29.6 Å². The smallest absolute Gasteiger partial charge is 0.222 e. The fourth-order valence-corrected chi connectivity index (χ4v) is 5.09. The Labute approximate surface area is 191 Å². The summed E-state index contributed by atoms with van der Waals surface area (Å²) in [6.07, 6.45) is 2.96. The molecule has 4 atom stereocenters. The topological polar surface area (TPSA) is 83.9 Å². The average molecular weight is 466 g/mol. The molecule has 9 heteroatoms. The zero-order chi connectivity index (χ0) is 21.6. The first-order valence-corrected chi connectivity index (χ1v) is 11.9. The Morgan fingerprint density at radius 1 is 1.32 bits per heavy atom. The number of hydrogen-bond acceptors (Lipinski definition) is 7. The number of nitrogens with one attached hydrogen (secondary N) is 1. The van der Waals surface area contributed by atoms with Gasteiger partial charge < -0.3 is 19.9 Å². The van der Waals surface area contributed by atoms with Crippen molar-refractivity contribution < 1.29 is 19.4 Å². The van der Waals surface area contributed by atoms with Gasteiger partial charge in [-0.15, -0.1) is 11.3 Å². The lowest BCUT2D eigenvalue weighted by Crippen LogP contribution is -2.55. The normalized spacial score (nSPS) is 27.2. The number of thiazole rings is 1. The summed E-state index contributed by atoms with van der Waals surface area (Å²) in [5.41, 5.74) is 0.895. The molecule has 168 valence electrons. The number of carbonyl (C=O) groups excluding carboxylic acids is 1. The Kier molecular flexibility index (Phi) is 7.92. The number of hydrogen-bond donors (Lipinski definition) is 2. The predicted molar refractivity (Wildman–Crippen MR) is 119 cm³/mol. The molecule has 1 aromatic carbocycles. The molecular weight excluding hydrogens is 438 g/mol. The van der Waals surface area contributed by atoms with Crippen LogP contribution in [0, 0.1) is 0 Å². The molecule has 2 fully saturated rings. The number of amides is 1. The summed E-state index contributed by atoms with van der Waals surface area (Å²) in [6.45, 7) is 2.30. The standard InChI is InChI=1S/C22H28ClN3O4S/c23-18-4-2-1-3-15(18)10-25-21(28)9-17-5-6-19-20(30-17)14-29-13-16(27)11-26(19)12-22-24-7-8-31-22/h1-4,7-8,16-17,19-20,27H,5-6,9-14H2,(H,25,28)/t16-,17+,19+,20-/m0/s1. The van der Waals surface area contributed by atoms with Crippen LogP contribution in [0.4, 0.5) is 0 Å². The molecule has 1 amide bonds. The van der Waals surface area contributed by atoms with Crippen LogP contribution in [0.5, 0.6) is 0 Å². The number of β-amino-alcohol motifs (C(OH)–C–C–N with tert-alkyl or cyclic N) is 1. The molecule has 0 spiro atoms. The van der Waals surface area contributed by atoms with E-state index >= 15 is 0 Å². The Hall–Kier alpha value is -1.55. The highest BCUT2D eigenvalue weighted by molar-refractivity contribution is 7.09. The fraction of sp³-hybridized carbons (Fsp3) is 0.545. The Bertz CT molecular complexity index is 853. The molecule has 31 heavy (non-hydrogen) atoms. The lowest BCUT2D eigenvalue weighted by Gasteiger charge is -2.44. The minimum atomic E-state index is -0.533. The second-order valence-corrected chi connectivity index (χ2v) is 9.45. The second kappa shape index (κ2) is 10.8. The van der Waals surface area contributed by atoms with E-state index in [4.69, 9.17) is 21.1 Å². The maximum absolute atomic E-state index is 12.5. The SMILES string of the molecule is O=C(C[C@H]1CC[C@@H]2[C@H](COC[C@@H](O)CN2Cc2nccs2)O1)NCc1ccccc1Cl. The number of rotatable bonds is 6. The number of fused-ring (bicyclic) bond motifs is 1. The monoisotopic (exact) mass is 465 g/mol. The first-order chi connectivity index (χ1) is 15.1. The van der Waals surface area contributed by atoms with Crippen molar-refractivity contribution in [2.75, 3.05) is 19.8 Å². The van der Waals surface area contributed by atoms with Crippen LogP contribution in [-0.2, 0) is 27.4 Å². The van der Waals surface area contributed by atoms with E-state index in [-0.39, 0.29) is 30.8 Å². The molecule has 2 saturated heterocycles. The van der Waals surface area contributed by atoms with Gasteiger partial charge in [0.1, 0.15) is 5.01 Å². The summed E-state index contributed by atoms with van der Waals surface area (Å²) >= 11 is 7.78. The van der Waals surface area contributed by atoms with Crippen molar-refractivity contribution in [2.24, 2.45) is 0 Å². The van der Waals surface area contributed by atoms with Crippen molar-refractivity contribution in [1.82, 2.24) is 15.2 Å². The van der Waals surface area contributed by atoms with Crippen molar-refractivity contribution in [3.63, 3.8) is 0 Å². The van der Waals surface area contributed by atoms with Gasteiger partial charge in [-0.05, 0) is 24.5 Å². The van der Waals surface area contributed by atoms with Gasteiger partial charge in [0.25, 0.3) is 0 Å². The van der Waals surface area contributed by atoms with Gasteiger partial charge in [0.05, 0.1) is 44.5 Å². The summed E-state index contributed by atoms with van der Waals surface area (Å²) < 4.78 is 12.0. The Morgan fingerprint density at radius 3 is 3.00 bits per heavy atom. The van der Waals surface area contributed by atoms with Gasteiger partial charge in [-0.3, -0.25) is 9.69 Å². The molecule has 2 aromatic rings. The molecule has 0 radical (unpaired) electrons. The van der Waals surface area contributed by atoms with Crippen LogP contribution in [-0.4, -0.2) is 65.0 Å². The number of halogens is 1. The van der Waals surface area contributed by atoms with E-state index in [9.17, 15) is 9.90 Å². The zero-order valence-corrected chi connectivity index (χ0v) is 18.9. The molecule has 0 saturated carbocycles. The molecular formula is C22H28ClN3O4S. The quantitative estimate of drug-likeness (QED) is 0.682. The average Bonchev–Trinajstić information content (AvgIpc) is 3.25. The van der Waals surface area contributed by atoms with Crippen molar-refractivity contribution >= 4 is 28.8 Å². The highest BCUT2D eigenvalue weighted by Gasteiger charge is 2.38. The Balaban J connectivity index is 1.33. The van der Waals surface area contributed by atoms with Crippen LogP contribution < -0.4 is 5.32 Å². The van der Waals surface area contributed by atoms with Crippen molar-refractivity contribution in [1.29, 1.82) is 0 Å². The van der Waals surface area contributed by atoms with Gasteiger partial charge in [-0.25, -0.2) is 4.98 Å². The molecule has 2 aliphatic rings. The number of benzene rings is 1. The van der Waals surface area contributed by atoms with Crippen molar-refractivity contribution in [3.05, 3.63) is 51.4 Å². The van der Waals surface area contributed by atoms with Crippen LogP contribution in [0.3, 0.4) is 0 Å².